The number of aryl methyl sites for hydroxylation is 2. The molecule has 10 heteroatoms. The van der Waals surface area contributed by atoms with E-state index in [1.165, 1.54) is 0 Å². The van der Waals surface area contributed by atoms with Gasteiger partial charge in [-0.1, -0.05) is 0 Å². The van der Waals surface area contributed by atoms with E-state index in [1.54, 1.807) is 41.9 Å². The second kappa shape index (κ2) is 9.26. The number of carbonyl (C=O) groups excluding carboxylic acids is 1. The first-order valence-electron chi connectivity index (χ1n) is 10.4. The lowest BCUT2D eigenvalue weighted by Gasteiger charge is -2.11. The van der Waals surface area contributed by atoms with Crippen LogP contribution >= 0.6 is 0 Å². The normalized spacial score (nSPS) is 10.8. The van der Waals surface area contributed by atoms with Crippen molar-refractivity contribution in [3.8, 4) is 17.4 Å². The average Bonchev–Trinajstić information content (AvgIpc) is 3.01. The Morgan fingerprint density at radius 2 is 1.53 bits per heavy atom. The van der Waals surface area contributed by atoms with Gasteiger partial charge < -0.3 is 15.4 Å². The van der Waals surface area contributed by atoms with E-state index in [4.69, 9.17) is 4.74 Å². The predicted molar refractivity (Wildman–Crippen MR) is 124 cm³/mol. The summed E-state index contributed by atoms with van der Waals surface area (Å²) in [7, 11) is 0. The van der Waals surface area contributed by atoms with Gasteiger partial charge >= 0.3 is 6.03 Å². The first-order valence-corrected chi connectivity index (χ1v) is 10.4. The maximum Gasteiger partial charge on any atom is 0.323 e. The second-order valence-corrected chi connectivity index (χ2v) is 7.68. The zero-order valence-electron chi connectivity index (χ0n) is 19.0. The van der Waals surface area contributed by atoms with Crippen molar-refractivity contribution >= 4 is 17.4 Å². The van der Waals surface area contributed by atoms with Crippen molar-refractivity contribution in [2.75, 3.05) is 10.6 Å². The monoisotopic (exact) mass is 464 g/mol. The molecule has 0 saturated heterocycles. The van der Waals surface area contributed by atoms with Crippen molar-refractivity contribution < 1.29 is 18.3 Å². The van der Waals surface area contributed by atoms with Crippen LogP contribution in [0.4, 0.5) is 25.0 Å². The lowest BCUT2D eigenvalue weighted by molar-refractivity contribution is 0.262. The fourth-order valence-electron chi connectivity index (χ4n) is 3.28. The summed E-state index contributed by atoms with van der Waals surface area (Å²) in [5.41, 5.74) is 3.46. The van der Waals surface area contributed by atoms with E-state index in [0.29, 0.717) is 29.0 Å². The fraction of sp³-hybridized carbons (Fsp3) is 0.167. The molecule has 0 aliphatic rings. The Labute approximate surface area is 194 Å². The molecule has 0 unspecified atom stereocenters. The number of ether oxygens (including phenoxy) is 1. The Morgan fingerprint density at radius 3 is 2.15 bits per heavy atom. The number of hydrogen-bond donors (Lipinski definition) is 2. The standard InChI is InChI=1S/C24H22F2N6O2/c1-13-14(2)31-32(15(13)3)22-12-23(28-16(4)27-22)34-21-7-5-19(6-8-21)29-24(33)30-20-10-17(25)9-18(26)11-20/h5-12H,1-4H3,(H2,29,30,33). The highest BCUT2D eigenvalue weighted by Gasteiger charge is 2.13. The van der Waals surface area contributed by atoms with Crippen LogP contribution in [0.5, 0.6) is 11.6 Å². The van der Waals surface area contributed by atoms with Gasteiger partial charge in [0.15, 0.2) is 5.82 Å². The zero-order chi connectivity index (χ0) is 24.4. The Bertz CT molecular complexity index is 1350. The summed E-state index contributed by atoms with van der Waals surface area (Å²) in [5.74, 6) is 0.397. The Kier molecular flexibility index (Phi) is 6.22. The highest BCUT2D eigenvalue weighted by molar-refractivity contribution is 5.99. The summed E-state index contributed by atoms with van der Waals surface area (Å²) >= 11 is 0. The number of aromatic nitrogens is 4. The van der Waals surface area contributed by atoms with Gasteiger partial charge in [0, 0.05) is 29.2 Å². The second-order valence-electron chi connectivity index (χ2n) is 7.68. The molecule has 0 saturated carbocycles. The highest BCUT2D eigenvalue weighted by Crippen LogP contribution is 2.24. The molecule has 4 aromatic rings. The third kappa shape index (κ3) is 5.17. The van der Waals surface area contributed by atoms with Gasteiger partial charge in [-0.25, -0.2) is 23.2 Å². The molecule has 34 heavy (non-hydrogen) atoms. The van der Waals surface area contributed by atoms with Crippen LogP contribution in [0.3, 0.4) is 0 Å². The zero-order valence-corrected chi connectivity index (χ0v) is 19.0. The van der Waals surface area contributed by atoms with Crippen molar-refractivity contribution in [3.05, 3.63) is 82.9 Å². The third-order valence-electron chi connectivity index (χ3n) is 5.13. The highest BCUT2D eigenvalue weighted by atomic mass is 19.1. The van der Waals surface area contributed by atoms with Crippen molar-refractivity contribution in [1.29, 1.82) is 0 Å². The maximum atomic E-state index is 13.3. The van der Waals surface area contributed by atoms with Crippen LogP contribution in [0.2, 0.25) is 0 Å². The first-order chi connectivity index (χ1) is 16.2. The Morgan fingerprint density at radius 1 is 0.882 bits per heavy atom. The van der Waals surface area contributed by atoms with Crippen LogP contribution in [-0.4, -0.2) is 25.8 Å². The third-order valence-corrected chi connectivity index (χ3v) is 5.13. The van der Waals surface area contributed by atoms with E-state index in [9.17, 15) is 13.6 Å². The summed E-state index contributed by atoms with van der Waals surface area (Å²) in [6.45, 7) is 7.69. The smallest absolute Gasteiger partial charge is 0.323 e. The molecule has 174 valence electrons. The molecule has 0 aliphatic carbocycles. The number of nitrogens with one attached hydrogen (secondary N) is 2. The van der Waals surface area contributed by atoms with Gasteiger partial charge in [0.05, 0.1) is 5.69 Å². The SMILES string of the molecule is Cc1nc(Oc2ccc(NC(=O)Nc3cc(F)cc(F)c3)cc2)cc(-n2nc(C)c(C)c2C)n1. The van der Waals surface area contributed by atoms with E-state index in [2.05, 4.69) is 25.7 Å². The molecule has 0 fully saturated rings. The number of anilines is 2. The summed E-state index contributed by atoms with van der Waals surface area (Å²) in [6, 6.07) is 10.4. The molecule has 0 aliphatic heterocycles. The lowest BCUT2D eigenvalue weighted by Crippen LogP contribution is -2.19. The minimum absolute atomic E-state index is 0.00250. The van der Waals surface area contributed by atoms with Crippen LogP contribution in [0, 0.1) is 39.3 Å². The van der Waals surface area contributed by atoms with Gasteiger partial charge in [-0.3, -0.25) is 0 Å². The van der Waals surface area contributed by atoms with Crippen molar-refractivity contribution in [2.24, 2.45) is 0 Å². The molecule has 4 rings (SSSR count). The van der Waals surface area contributed by atoms with E-state index < -0.39 is 17.7 Å². The van der Waals surface area contributed by atoms with Gasteiger partial charge in [-0.2, -0.15) is 10.1 Å². The molecule has 0 radical (unpaired) electrons. The molecule has 8 nitrogen and oxygen atoms in total. The molecule has 2 N–H and O–H groups in total. The number of hydrogen-bond acceptors (Lipinski definition) is 5. The van der Waals surface area contributed by atoms with Gasteiger partial charge in [-0.05, 0) is 69.7 Å². The van der Waals surface area contributed by atoms with Crippen LogP contribution < -0.4 is 15.4 Å². The molecule has 0 bridgehead atoms. The van der Waals surface area contributed by atoms with Gasteiger partial charge in [0.2, 0.25) is 5.88 Å². The lowest BCUT2D eigenvalue weighted by atomic mass is 10.2. The van der Waals surface area contributed by atoms with E-state index in [0.717, 1.165) is 35.2 Å². The van der Waals surface area contributed by atoms with Crippen LogP contribution in [-0.2, 0) is 0 Å². The minimum Gasteiger partial charge on any atom is -0.439 e. The summed E-state index contributed by atoms with van der Waals surface area (Å²) in [5, 5.41) is 9.50. The van der Waals surface area contributed by atoms with E-state index >= 15 is 0 Å². The Hall–Kier alpha value is -4.34. The van der Waals surface area contributed by atoms with Crippen molar-refractivity contribution in [3.63, 3.8) is 0 Å². The van der Waals surface area contributed by atoms with Gasteiger partial charge in [0.1, 0.15) is 23.2 Å². The van der Waals surface area contributed by atoms with Crippen molar-refractivity contribution in [2.45, 2.75) is 27.7 Å². The summed E-state index contributed by atoms with van der Waals surface area (Å²) in [4.78, 5) is 20.9. The molecular weight excluding hydrogens is 442 g/mol. The summed E-state index contributed by atoms with van der Waals surface area (Å²) in [6.07, 6.45) is 0. The number of urea groups is 1. The Balaban J connectivity index is 1.45. The topological polar surface area (TPSA) is 94.0 Å². The molecule has 2 aromatic carbocycles. The predicted octanol–water partition coefficient (Wildman–Crippen LogP) is 5.61. The minimum atomic E-state index is -0.784. The van der Waals surface area contributed by atoms with Crippen LogP contribution in [0.25, 0.3) is 5.82 Å². The number of amides is 2. The largest absolute Gasteiger partial charge is 0.439 e. The van der Waals surface area contributed by atoms with Gasteiger partial charge in [-0.15, -0.1) is 0 Å². The molecule has 2 aromatic heterocycles. The fourth-order valence-corrected chi connectivity index (χ4v) is 3.28. The molecular formula is C24H22F2N6O2. The molecule has 0 spiro atoms. The molecule has 2 heterocycles. The number of carbonyl (C=O) groups is 1. The van der Waals surface area contributed by atoms with E-state index in [1.807, 2.05) is 20.8 Å². The quantitative estimate of drug-likeness (QED) is 0.400. The summed E-state index contributed by atoms with van der Waals surface area (Å²) < 4.78 is 34.2. The number of halogens is 2. The first kappa shape index (κ1) is 22.8. The molecule has 2 amide bonds. The van der Waals surface area contributed by atoms with Crippen molar-refractivity contribution in [1.82, 2.24) is 19.7 Å². The van der Waals surface area contributed by atoms with Gasteiger partial charge in [0.25, 0.3) is 0 Å². The number of rotatable bonds is 5. The van der Waals surface area contributed by atoms with Crippen LogP contribution in [0.1, 0.15) is 22.8 Å². The van der Waals surface area contributed by atoms with Crippen LogP contribution in [0.15, 0.2) is 48.5 Å². The average molecular weight is 464 g/mol. The van der Waals surface area contributed by atoms with E-state index in [-0.39, 0.29) is 5.69 Å². The number of nitrogens with zero attached hydrogens (tertiary/aromatic N) is 4. The maximum absolute atomic E-state index is 13.3. The number of benzene rings is 2. The molecule has 0 atom stereocenters.